The number of rotatable bonds is 6. The lowest BCUT2D eigenvalue weighted by molar-refractivity contribution is -0.121. The molecule has 0 saturated carbocycles. The summed E-state index contributed by atoms with van der Waals surface area (Å²) >= 11 is 11.8. The molecule has 0 spiro atoms. The normalized spacial score (nSPS) is 10.3. The van der Waals surface area contributed by atoms with Crippen molar-refractivity contribution < 1.29 is 9.53 Å². The molecule has 1 heterocycles. The average molecular weight is 342 g/mol. The van der Waals surface area contributed by atoms with Gasteiger partial charge in [0, 0.05) is 12.4 Å². The average Bonchev–Trinajstić information content (AvgIpc) is 2.50. The maximum atomic E-state index is 11.7. The van der Waals surface area contributed by atoms with Gasteiger partial charge in [-0.1, -0.05) is 29.3 Å². The van der Waals surface area contributed by atoms with Gasteiger partial charge in [-0.2, -0.15) is 0 Å². The summed E-state index contributed by atoms with van der Waals surface area (Å²) in [7, 11) is 0. The molecule has 116 valence electrons. The van der Waals surface area contributed by atoms with Crippen molar-refractivity contribution in [3.8, 4) is 5.75 Å². The zero-order valence-corrected chi connectivity index (χ0v) is 13.0. The number of benzene rings is 1. The van der Waals surface area contributed by atoms with Gasteiger partial charge >= 0.3 is 5.69 Å². The molecule has 2 rings (SSSR count). The van der Waals surface area contributed by atoms with Crippen LogP contribution >= 0.6 is 23.2 Å². The summed E-state index contributed by atoms with van der Waals surface area (Å²) < 4.78 is 6.64. The van der Waals surface area contributed by atoms with Crippen molar-refractivity contribution in [3.63, 3.8) is 0 Å². The van der Waals surface area contributed by atoms with Crippen molar-refractivity contribution in [1.82, 2.24) is 14.9 Å². The number of hydrogen-bond acceptors (Lipinski definition) is 4. The van der Waals surface area contributed by atoms with E-state index in [2.05, 4.69) is 10.3 Å². The molecule has 1 amide bonds. The number of ether oxygens (including phenoxy) is 1. The molecule has 0 unspecified atom stereocenters. The third kappa shape index (κ3) is 4.47. The van der Waals surface area contributed by atoms with Gasteiger partial charge < -0.3 is 10.1 Å². The van der Waals surface area contributed by atoms with Gasteiger partial charge in [0.25, 0.3) is 0 Å². The lowest BCUT2D eigenvalue weighted by Gasteiger charge is -2.10. The number of amides is 1. The molecule has 0 aliphatic rings. The maximum Gasteiger partial charge on any atom is 0.347 e. The minimum Gasteiger partial charge on any atom is -0.490 e. The van der Waals surface area contributed by atoms with Gasteiger partial charge in [0.05, 0.1) is 11.6 Å². The molecule has 0 radical (unpaired) electrons. The van der Waals surface area contributed by atoms with Gasteiger partial charge in [-0.25, -0.2) is 9.78 Å². The van der Waals surface area contributed by atoms with Crippen LogP contribution in [0.3, 0.4) is 0 Å². The van der Waals surface area contributed by atoms with Gasteiger partial charge in [0.15, 0.2) is 0 Å². The third-order valence-corrected chi connectivity index (χ3v) is 3.50. The van der Waals surface area contributed by atoms with E-state index in [-0.39, 0.29) is 25.6 Å². The largest absolute Gasteiger partial charge is 0.490 e. The smallest absolute Gasteiger partial charge is 0.347 e. The molecule has 0 saturated heterocycles. The van der Waals surface area contributed by atoms with E-state index >= 15 is 0 Å². The van der Waals surface area contributed by atoms with Crippen LogP contribution in [-0.4, -0.2) is 28.6 Å². The number of halogens is 2. The second-order valence-corrected chi connectivity index (χ2v) is 5.07. The fourth-order valence-electron chi connectivity index (χ4n) is 1.66. The Morgan fingerprint density at radius 3 is 2.91 bits per heavy atom. The van der Waals surface area contributed by atoms with Crippen molar-refractivity contribution >= 4 is 29.1 Å². The Morgan fingerprint density at radius 2 is 2.14 bits per heavy atom. The molecular formula is C14H13Cl2N3O3. The lowest BCUT2D eigenvalue weighted by atomic mass is 10.3. The molecule has 0 fully saturated rings. The number of carbonyl (C=O) groups excluding carboxylic acids is 1. The van der Waals surface area contributed by atoms with E-state index in [1.165, 1.54) is 17.0 Å². The first-order valence-corrected chi connectivity index (χ1v) is 7.18. The molecular weight excluding hydrogens is 329 g/mol. The second kappa shape index (κ2) is 7.82. The zero-order chi connectivity index (χ0) is 15.9. The lowest BCUT2D eigenvalue weighted by Crippen LogP contribution is -2.34. The van der Waals surface area contributed by atoms with Gasteiger partial charge in [0.1, 0.15) is 23.9 Å². The summed E-state index contributed by atoms with van der Waals surface area (Å²) in [5, 5.41) is 3.37. The van der Waals surface area contributed by atoms with Crippen molar-refractivity contribution in [2.24, 2.45) is 0 Å². The van der Waals surface area contributed by atoms with Crippen LogP contribution < -0.4 is 15.7 Å². The van der Waals surface area contributed by atoms with E-state index < -0.39 is 5.69 Å². The minimum absolute atomic E-state index is 0.0927. The third-order valence-electron chi connectivity index (χ3n) is 2.69. The van der Waals surface area contributed by atoms with E-state index in [0.717, 1.165) is 0 Å². The molecule has 0 atom stereocenters. The summed E-state index contributed by atoms with van der Waals surface area (Å²) in [6.07, 6.45) is 2.87. The molecule has 22 heavy (non-hydrogen) atoms. The summed E-state index contributed by atoms with van der Waals surface area (Å²) in [4.78, 5) is 26.6. The number of carbonyl (C=O) groups is 1. The van der Waals surface area contributed by atoms with Crippen LogP contribution in [0, 0.1) is 0 Å². The van der Waals surface area contributed by atoms with Gasteiger partial charge in [-0.3, -0.25) is 9.36 Å². The van der Waals surface area contributed by atoms with Crippen molar-refractivity contribution in [2.45, 2.75) is 6.54 Å². The van der Waals surface area contributed by atoms with Gasteiger partial charge in [0.2, 0.25) is 5.91 Å². The first-order chi connectivity index (χ1) is 10.6. The van der Waals surface area contributed by atoms with Crippen LogP contribution in [0.5, 0.6) is 5.75 Å². The van der Waals surface area contributed by atoms with Gasteiger partial charge in [-0.15, -0.1) is 0 Å². The van der Waals surface area contributed by atoms with E-state index in [0.29, 0.717) is 15.8 Å². The number of aromatic nitrogens is 2. The Hall–Kier alpha value is -2.05. The summed E-state index contributed by atoms with van der Waals surface area (Å²) in [5.74, 6) is 0.141. The van der Waals surface area contributed by atoms with Crippen LogP contribution in [0.4, 0.5) is 0 Å². The van der Waals surface area contributed by atoms with Crippen LogP contribution in [-0.2, 0) is 11.3 Å². The molecule has 1 N–H and O–H groups in total. The fraction of sp³-hybridized carbons (Fsp3) is 0.214. The summed E-state index contributed by atoms with van der Waals surface area (Å²) in [5.41, 5.74) is -0.473. The molecule has 0 aliphatic carbocycles. The highest BCUT2D eigenvalue weighted by molar-refractivity contribution is 6.42. The Morgan fingerprint density at radius 1 is 1.32 bits per heavy atom. The highest BCUT2D eigenvalue weighted by atomic mass is 35.5. The van der Waals surface area contributed by atoms with Crippen LogP contribution in [0.1, 0.15) is 0 Å². The van der Waals surface area contributed by atoms with Crippen molar-refractivity contribution in [3.05, 3.63) is 57.2 Å². The number of nitrogens with zero attached hydrogens (tertiary/aromatic N) is 2. The highest BCUT2D eigenvalue weighted by Crippen LogP contribution is 2.31. The van der Waals surface area contributed by atoms with Crippen molar-refractivity contribution in [2.75, 3.05) is 13.2 Å². The molecule has 1 aromatic heterocycles. The Kier molecular flexibility index (Phi) is 5.80. The molecule has 1 aromatic carbocycles. The maximum absolute atomic E-state index is 11.7. The first-order valence-electron chi connectivity index (χ1n) is 6.43. The molecule has 6 nitrogen and oxygen atoms in total. The van der Waals surface area contributed by atoms with Gasteiger partial charge in [-0.05, 0) is 18.2 Å². The fourth-order valence-corrected chi connectivity index (χ4v) is 2.01. The second-order valence-electron chi connectivity index (χ2n) is 4.28. The van der Waals surface area contributed by atoms with Crippen LogP contribution in [0.25, 0.3) is 0 Å². The van der Waals surface area contributed by atoms with Crippen molar-refractivity contribution in [1.29, 1.82) is 0 Å². The predicted octanol–water partition coefficient (Wildman–Crippen LogP) is 1.75. The van der Waals surface area contributed by atoms with Crippen LogP contribution in [0.15, 0.2) is 41.5 Å². The predicted molar refractivity (Wildman–Crippen MR) is 83.5 cm³/mol. The van der Waals surface area contributed by atoms with E-state index in [9.17, 15) is 9.59 Å². The molecule has 8 heteroatoms. The summed E-state index contributed by atoms with van der Waals surface area (Å²) in [6, 6.07) is 6.64. The Bertz CT molecular complexity index is 718. The standard InChI is InChI=1S/C14H13Cl2N3O3/c15-10-3-1-4-11(13(10)16)22-8-6-17-12(20)9-19-7-2-5-18-14(19)21/h1-5,7H,6,8-9H2,(H,17,20). The minimum atomic E-state index is -0.473. The Labute approximate surface area is 136 Å². The van der Waals surface area contributed by atoms with E-state index in [1.54, 1.807) is 24.3 Å². The first kappa shape index (κ1) is 16.3. The molecule has 2 aromatic rings. The quantitative estimate of drug-likeness (QED) is 0.812. The number of nitrogens with one attached hydrogen (secondary N) is 1. The SMILES string of the molecule is O=C(Cn1cccnc1=O)NCCOc1cccc(Cl)c1Cl. The van der Waals surface area contributed by atoms with E-state index in [4.69, 9.17) is 27.9 Å². The van der Waals surface area contributed by atoms with E-state index in [1.807, 2.05) is 0 Å². The van der Waals surface area contributed by atoms with Crippen LogP contribution in [0.2, 0.25) is 10.0 Å². The molecule has 0 aliphatic heterocycles. The monoisotopic (exact) mass is 341 g/mol. The highest BCUT2D eigenvalue weighted by Gasteiger charge is 2.06. The Balaban J connectivity index is 1.77. The number of hydrogen-bond donors (Lipinski definition) is 1. The topological polar surface area (TPSA) is 73.2 Å². The molecule has 0 bridgehead atoms. The summed E-state index contributed by atoms with van der Waals surface area (Å²) in [6.45, 7) is 0.412. The zero-order valence-electron chi connectivity index (χ0n) is 11.5.